The Kier molecular flexibility index (Phi) is 7.49. The first-order valence-electron chi connectivity index (χ1n) is 11.1. The van der Waals surface area contributed by atoms with E-state index in [0.717, 1.165) is 50.4 Å². The molecule has 0 radical (unpaired) electrons. The van der Waals surface area contributed by atoms with Crippen molar-refractivity contribution in [2.45, 2.75) is 63.8 Å². The Hall–Kier alpha value is -2.25. The minimum Gasteiger partial charge on any atom is -0.493 e. The average molecular weight is 432 g/mol. The molecule has 0 spiro atoms. The maximum Gasteiger partial charge on any atom is 0.407 e. The van der Waals surface area contributed by atoms with Gasteiger partial charge in [-0.25, -0.2) is 4.79 Å². The third kappa shape index (κ3) is 5.71. The van der Waals surface area contributed by atoms with Gasteiger partial charge in [-0.15, -0.1) is 6.58 Å². The van der Waals surface area contributed by atoms with Crippen LogP contribution in [0.1, 0.15) is 50.8 Å². The molecule has 0 aromatic heterocycles. The van der Waals surface area contributed by atoms with Crippen LogP contribution < -0.4 is 20.1 Å². The number of alkyl carbamates (subject to hydrolysis) is 1. The van der Waals surface area contributed by atoms with E-state index in [9.17, 15) is 4.79 Å². The first kappa shape index (κ1) is 23.4. The Morgan fingerprint density at radius 3 is 2.58 bits per heavy atom. The normalized spacial score (nSPS) is 23.3. The van der Waals surface area contributed by atoms with Gasteiger partial charge in [0.25, 0.3) is 0 Å². The van der Waals surface area contributed by atoms with Gasteiger partial charge in [-0.1, -0.05) is 6.08 Å². The summed E-state index contributed by atoms with van der Waals surface area (Å²) in [6.45, 7) is 12.1. The van der Waals surface area contributed by atoms with Gasteiger partial charge >= 0.3 is 6.09 Å². The smallest absolute Gasteiger partial charge is 0.407 e. The molecule has 2 heterocycles. The number of nitrogens with one attached hydrogen (secondary N) is 2. The fourth-order valence-electron chi connectivity index (χ4n) is 4.56. The zero-order valence-electron chi connectivity index (χ0n) is 19.5. The van der Waals surface area contributed by atoms with Gasteiger partial charge in [0, 0.05) is 25.2 Å². The first-order chi connectivity index (χ1) is 14.8. The fraction of sp³-hybridized carbons (Fsp3) is 0.625. The quantitative estimate of drug-likeness (QED) is 0.509. The lowest BCUT2D eigenvalue weighted by atomic mass is 9.83. The van der Waals surface area contributed by atoms with E-state index in [0.29, 0.717) is 0 Å². The van der Waals surface area contributed by atoms with Crippen molar-refractivity contribution >= 4 is 6.09 Å². The SMILES string of the molecule is C=CCCNC1CN2CCc3cc(OC)c(OC)cc3C2CC1NC(=O)OC(C)(C)C. The van der Waals surface area contributed by atoms with Gasteiger partial charge in [0.15, 0.2) is 11.5 Å². The van der Waals surface area contributed by atoms with Gasteiger partial charge in [-0.2, -0.15) is 0 Å². The summed E-state index contributed by atoms with van der Waals surface area (Å²) in [5, 5.41) is 6.75. The summed E-state index contributed by atoms with van der Waals surface area (Å²) in [4.78, 5) is 15.1. The number of methoxy groups -OCH3 is 2. The van der Waals surface area contributed by atoms with Gasteiger partial charge in [-0.05, 0) is 69.8 Å². The third-order valence-electron chi connectivity index (χ3n) is 5.96. The largest absolute Gasteiger partial charge is 0.493 e. The molecule has 1 amide bonds. The van der Waals surface area contributed by atoms with Crippen LogP contribution in [-0.4, -0.2) is 62.5 Å². The summed E-state index contributed by atoms with van der Waals surface area (Å²) in [6, 6.07) is 4.50. The van der Waals surface area contributed by atoms with Crippen molar-refractivity contribution in [2.75, 3.05) is 33.9 Å². The topological polar surface area (TPSA) is 72.1 Å². The van der Waals surface area contributed by atoms with Gasteiger partial charge in [0.05, 0.1) is 20.3 Å². The molecule has 1 saturated heterocycles. The molecule has 172 valence electrons. The number of fused-ring (bicyclic) bond motifs is 3. The maximum atomic E-state index is 12.6. The molecule has 1 aromatic carbocycles. The highest BCUT2D eigenvalue weighted by Gasteiger charge is 2.40. The van der Waals surface area contributed by atoms with Crippen molar-refractivity contribution in [3.8, 4) is 11.5 Å². The molecule has 0 bridgehead atoms. The molecule has 3 unspecified atom stereocenters. The van der Waals surface area contributed by atoms with Crippen LogP contribution in [0.3, 0.4) is 0 Å². The highest BCUT2D eigenvalue weighted by atomic mass is 16.6. The van der Waals surface area contributed by atoms with Crippen LogP contribution in [0.15, 0.2) is 24.8 Å². The van der Waals surface area contributed by atoms with E-state index in [4.69, 9.17) is 14.2 Å². The van der Waals surface area contributed by atoms with Crippen LogP contribution in [0, 0.1) is 0 Å². The Labute approximate surface area is 186 Å². The molecular formula is C24H37N3O4. The average Bonchev–Trinajstić information content (AvgIpc) is 2.71. The highest BCUT2D eigenvalue weighted by molar-refractivity contribution is 5.68. The molecule has 0 aliphatic carbocycles. The lowest BCUT2D eigenvalue weighted by molar-refractivity contribution is 0.0391. The number of ether oxygens (including phenoxy) is 3. The van der Waals surface area contributed by atoms with Crippen molar-refractivity contribution in [1.82, 2.24) is 15.5 Å². The van der Waals surface area contributed by atoms with E-state index in [1.165, 1.54) is 11.1 Å². The summed E-state index contributed by atoms with van der Waals surface area (Å²) in [7, 11) is 3.33. The van der Waals surface area contributed by atoms with E-state index in [2.05, 4.69) is 34.2 Å². The van der Waals surface area contributed by atoms with Crippen molar-refractivity contribution < 1.29 is 19.0 Å². The molecule has 3 atom stereocenters. The molecule has 1 aromatic rings. The second-order valence-corrected chi connectivity index (χ2v) is 9.29. The van der Waals surface area contributed by atoms with Crippen LogP contribution >= 0.6 is 0 Å². The van der Waals surface area contributed by atoms with E-state index < -0.39 is 5.60 Å². The molecule has 0 saturated carbocycles. The van der Waals surface area contributed by atoms with Crippen molar-refractivity contribution in [3.05, 3.63) is 35.9 Å². The minimum absolute atomic E-state index is 0.0417. The summed E-state index contributed by atoms with van der Waals surface area (Å²) in [5.74, 6) is 1.50. The predicted molar refractivity (Wildman–Crippen MR) is 122 cm³/mol. The molecule has 31 heavy (non-hydrogen) atoms. The number of nitrogens with zero attached hydrogens (tertiary/aromatic N) is 1. The van der Waals surface area contributed by atoms with E-state index in [1.54, 1.807) is 14.2 Å². The Balaban J connectivity index is 1.84. The molecule has 3 rings (SSSR count). The zero-order chi connectivity index (χ0) is 22.6. The molecule has 7 nitrogen and oxygen atoms in total. The van der Waals surface area contributed by atoms with Crippen LogP contribution in [0.2, 0.25) is 0 Å². The van der Waals surface area contributed by atoms with Crippen molar-refractivity contribution in [3.63, 3.8) is 0 Å². The fourth-order valence-corrected chi connectivity index (χ4v) is 4.56. The minimum atomic E-state index is -0.530. The molecule has 2 aliphatic heterocycles. The number of carbonyl (C=O) groups excluding carboxylic acids is 1. The standard InChI is InChI=1S/C24H37N3O4/c1-7-8-10-25-19-15-27-11-9-16-12-21(29-5)22(30-6)13-17(16)20(27)14-18(19)26-23(28)31-24(2,3)4/h7,12-13,18-20,25H,1,8-11,14-15H2,2-6H3,(H,26,28). The van der Waals surface area contributed by atoms with Gasteiger partial charge in [0.2, 0.25) is 0 Å². The zero-order valence-corrected chi connectivity index (χ0v) is 19.5. The molecule has 2 N–H and O–H groups in total. The number of benzene rings is 1. The van der Waals surface area contributed by atoms with Gasteiger partial charge < -0.3 is 24.8 Å². The Morgan fingerprint density at radius 2 is 1.94 bits per heavy atom. The first-order valence-corrected chi connectivity index (χ1v) is 11.1. The number of hydrogen-bond acceptors (Lipinski definition) is 6. The van der Waals surface area contributed by atoms with E-state index in [-0.39, 0.29) is 24.2 Å². The molecule has 2 aliphatic rings. The monoisotopic (exact) mass is 431 g/mol. The van der Waals surface area contributed by atoms with E-state index in [1.807, 2.05) is 26.8 Å². The summed E-state index contributed by atoms with van der Waals surface area (Å²) in [6.07, 6.45) is 4.19. The van der Waals surface area contributed by atoms with Crippen molar-refractivity contribution in [2.24, 2.45) is 0 Å². The summed E-state index contributed by atoms with van der Waals surface area (Å²) < 4.78 is 16.6. The predicted octanol–water partition coefficient (Wildman–Crippen LogP) is 3.43. The van der Waals surface area contributed by atoms with Crippen LogP contribution in [-0.2, 0) is 11.2 Å². The van der Waals surface area contributed by atoms with Gasteiger partial charge in [-0.3, -0.25) is 4.90 Å². The number of hydrogen-bond donors (Lipinski definition) is 2. The van der Waals surface area contributed by atoms with E-state index >= 15 is 0 Å². The summed E-state index contributed by atoms with van der Waals surface area (Å²) in [5.41, 5.74) is 2.01. The lowest BCUT2D eigenvalue weighted by Crippen LogP contribution is -2.61. The molecule has 1 fully saturated rings. The number of amides is 1. The third-order valence-corrected chi connectivity index (χ3v) is 5.96. The summed E-state index contributed by atoms with van der Waals surface area (Å²) >= 11 is 0. The second-order valence-electron chi connectivity index (χ2n) is 9.29. The van der Waals surface area contributed by atoms with Crippen LogP contribution in [0.25, 0.3) is 0 Å². The molecule has 7 heteroatoms. The van der Waals surface area contributed by atoms with Crippen LogP contribution in [0.5, 0.6) is 11.5 Å². The van der Waals surface area contributed by atoms with Crippen LogP contribution in [0.4, 0.5) is 4.79 Å². The Morgan fingerprint density at radius 1 is 1.23 bits per heavy atom. The number of carbonyl (C=O) groups is 1. The maximum absolute atomic E-state index is 12.6. The number of piperidine rings is 1. The lowest BCUT2D eigenvalue weighted by Gasteiger charge is -2.47. The Bertz CT molecular complexity index is 790. The molecular weight excluding hydrogens is 394 g/mol. The van der Waals surface area contributed by atoms with Gasteiger partial charge in [0.1, 0.15) is 5.60 Å². The highest BCUT2D eigenvalue weighted by Crippen LogP contribution is 2.41. The second kappa shape index (κ2) is 9.92. The number of rotatable bonds is 7. The van der Waals surface area contributed by atoms with Crippen molar-refractivity contribution in [1.29, 1.82) is 0 Å².